The zero-order valence-electron chi connectivity index (χ0n) is 10.8. The summed E-state index contributed by atoms with van der Waals surface area (Å²) in [5.74, 6) is 2.67. The highest BCUT2D eigenvalue weighted by molar-refractivity contribution is 5.21. The molecule has 1 saturated heterocycles. The Labute approximate surface area is 105 Å². The summed E-state index contributed by atoms with van der Waals surface area (Å²) < 4.78 is 0. The van der Waals surface area contributed by atoms with Crippen LogP contribution in [0.3, 0.4) is 0 Å². The Morgan fingerprint density at radius 1 is 1.00 bits per heavy atom. The topological polar surface area (TPSA) is 3.24 Å². The van der Waals surface area contributed by atoms with Crippen LogP contribution in [0.25, 0.3) is 0 Å². The van der Waals surface area contributed by atoms with E-state index in [1.165, 1.54) is 38.8 Å². The van der Waals surface area contributed by atoms with Crippen molar-refractivity contribution in [1.82, 2.24) is 4.90 Å². The molecule has 1 nitrogen and oxygen atoms in total. The summed E-state index contributed by atoms with van der Waals surface area (Å²) in [5, 5.41) is 0. The summed E-state index contributed by atoms with van der Waals surface area (Å²) in [4.78, 5) is 2.54. The van der Waals surface area contributed by atoms with Gasteiger partial charge in [0.1, 0.15) is 0 Å². The first kappa shape index (κ1) is 11.3. The van der Waals surface area contributed by atoms with E-state index in [-0.39, 0.29) is 0 Å². The second kappa shape index (κ2) is 4.81. The lowest BCUT2D eigenvalue weighted by atomic mass is 9.79. The van der Waals surface area contributed by atoms with Crippen LogP contribution >= 0.6 is 0 Å². The molecule has 1 aromatic rings. The van der Waals surface area contributed by atoms with E-state index in [0.717, 1.165) is 17.8 Å². The molecule has 0 spiro atoms. The van der Waals surface area contributed by atoms with Gasteiger partial charge in [0.05, 0.1) is 0 Å². The van der Waals surface area contributed by atoms with Gasteiger partial charge in [0.15, 0.2) is 0 Å². The van der Waals surface area contributed by atoms with E-state index in [0.29, 0.717) is 0 Å². The van der Waals surface area contributed by atoms with Crippen molar-refractivity contribution in [1.29, 1.82) is 0 Å². The maximum Gasteiger partial charge on any atom is 0.00157 e. The molecule has 17 heavy (non-hydrogen) atoms. The van der Waals surface area contributed by atoms with E-state index in [4.69, 9.17) is 0 Å². The van der Waals surface area contributed by atoms with Crippen molar-refractivity contribution in [3.05, 3.63) is 35.9 Å². The van der Waals surface area contributed by atoms with Crippen LogP contribution in [0, 0.1) is 11.8 Å². The number of hydrogen-bond donors (Lipinski definition) is 0. The molecule has 1 aliphatic heterocycles. The Kier molecular flexibility index (Phi) is 3.19. The maximum absolute atomic E-state index is 2.54. The third-order valence-electron chi connectivity index (χ3n) is 4.76. The number of likely N-dealkylation sites (tertiary alicyclic amines) is 1. The molecule has 0 bridgehead atoms. The first-order chi connectivity index (χ1) is 8.34. The molecule has 3 atom stereocenters. The van der Waals surface area contributed by atoms with Gasteiger partial charge >= 0.3 is 0 Å². The SMILES string of the molecule is CN1C[C@@H]2CCCC[C@@H](c3ccccc3)[C@@H]2C1. The number of rotatable bonds is 1. The Balaban J connectivity index is 1.86. The zero-order chi connectivity index (χ0) is 11.7. The lowest BCUT2D eigenvalue weighted by molar-refractivity contribution is 0.348. The smallest absolute Gasteiger partial charge is 0.00157 e. The van der Waals surface area contributed by atoms with Gasteiger partial charge in [0.2, 0.25) is 0 Å². The lowest BCUT2D eigenvalue weighted by Gasteiger charge is -2.25. The number of hydrogen-bond acceptors (Lipinski definition) is 1. The van der Waals surface area contributed by atoms with Crippen LogP contribution in [0.5, 0.6) is 0 Å². The summed E-state index contributed by atoms with van der Waals surface area (Å²) in [6, 6.07) is 11.2. The van der Waals surface area contributed by atoms with E-state index >= 15 is 0 Å². The van der Waals surface area contributed by atoms with Crippen LogP contribution in [0.15, 0.2) is 30.3 Å². The van der Waals surface area contributed by atoms with E-state index < -0.39 is 0 Å². The summed E-state index contributed by atoms with van der Waals surface area (Å²) in [6.07, 6.45) is 5.73. The molecule has 92 valence electrons. The Morgan fingerprint density at radius 2 is 1.76 bits per heavy atom. The van der Waals surface area contributed by atoms with E-state index in [2.05, 4.69) is 42.3 Å². The Bertz CT molecular complexity index is 359. The molecule has 1 saturated carbocycles. The van der Waals surface area contributed by atoms with Crippen molar-refractivity contribution in [3.63, 3.8) is 0 Å². The minimum atomic E-state index is 0.814. The fraction of sp³-hybridized carbons (Fsp3) is 0.625. The third kappa shape index (κ3) is 2.26. The minimum Gasteiger partial charge on any atom is -0.306 e. The molecule has 2 aliphatic rings. The molecular formula is C16H23N. The van der Waals surface area contributed by atoms with E-state index in [1.54, 1.807) is 5.56 Å². The first-order valence-corrected chi connectivity index (χ1v) is 7.08. The molecule has 0 unspecified atom stereocenters. The van der Waals surface area contributed by atoms with Crippen molar-refractivity contribution in [2.24, 2.45) is 11.8 Å². The highest BCUT2D eigenvalue weighted by atomic mass is 15.1. The van der Waals surface area contributed by atoms with Crippen LogP contribution in [-0.2, 0) is 0 Å². The van der Waals surface area contributed by atoms with Gasteiger partial charge in [-0.3, -0.25) is 0 Å². The van der Waals surface area contributed by atoms with Gasteiger partial charge in [0.25, 0.3) is 0 Å². The molecule has 1 heteroatoms. The summed E-state index contributed by atoms with van der Waals surface area (Å²) >= 11 is 0. The molecule has 0 amide bonds. The predicted molar refractivity (Wildman–Crippen MR) is 72.1 cm³/mol. The number of benzene rings is 1. The molecule has 0 aromatic heterocycles. The number of nitrogens with zero attached hydrogens (tertiary/aromatic N) is 1. The molecule has 2 fully saturated rings. The first-order valence-electron chi connectivity index (χ1n) is 7.08. The number of fused-ring (bicyclic) bond motifs is 1. The van der Waals surface area contributed by atoms with Crippen molar-refractivity contribution in [2.45, 2.75) is 31.6 Å². The minimum absolute atomic E-state index is 0.814. The predicted octanol–water partition coefficient (Wildman–Crippen LogP) is 3.52. The molecule has 0 radical (unpaired) electrons. The summed E-state index contributed by atoms with van der Waals surface area (Å²) in [6.45, 7) is 2.64. The average Bonchev–Trinajstić information content (AvgIpc) is 2.61. The van der Waals surface area contributed by atoms with Crippen LogP contribution in [0.4, 0.5) is 0 Å². The summed E-state index contributed by atoms with van der Waals surface area (Å²) in [7, 11) is 2.29. The normalized spacial score (nSPS) is 34.3. The van der Waals surface area contributed by atoms with Gasteiger partial charge < -0.3 is 4.90 Å². The van der Waals surface area contributed by atoms with Gasteiger partial charge in [-0.2, -0.15) is 0 Å². The fourth-order valence-electron chi connectivity index (χ4n) is 3.98. The van der Waals surface area contributed by atoms with Gasteiger partial charge in [-0.15, -0.1) is 0 Å². The van der Waals surface area contributed by atoms with Crippen molar-refractivity contribution in [2.75, 3.05) is 20.1 Å². The second-order valence-corrected chi connectivity index (χ2v) is 5.95. The third-order valence-corrected chi connectivity index (χ3v) is 4.76. The molecule has 3 rings (SSSR count). The molecule has 1 aliphatic carbocycles. The van der Waals surface area contributed by atoms with E-state index in [1.807, 2.05) is 0 Å². The van der Waals surface area contributed by atoms with Gasteiger partial charge in [-0.25, -0.2) is 0 Å². The maximum atomic E-state index is 2.54. The van der Waals surface area contributed by atoms with Crippen molar-refractivity contribution < 1.29 is 0 Å². The largest absolute Gasteiger partial charge is 0.306 e. The molecular weight excluding hydrogens is 206 g/mol. The van der Waals surface area contributed by atoms with Crippen LogP contribution in [0.1, 0.15) is 37.2 Å². The highest BCUT2D eigenvalue weighted by Gasteiger charge is 2.37. The Hall–Kier alpha value is -0.820. The average molecular weight is 229 g/mol. The van der Waals surface area contributed by atoms with Gasteiger partial charge in [-0.1, -0.05) is 43.2 Å². The van der Waals surface area contributed by atoms with Crippen LogP contribution in [0.2, 0.25) is 0 Å². The molecule has 1 aromatic carbocycles. The Morgan fingerprint density at radius 3 is 2.59 bits per heavy atom. The fourth-order valence-corrected chi connectivity index (χ4v) is 3.98. The molecule has 0 N–H and O–H groups in total. The summed E-state index contributed by atoms with van der Waals surface area (Å²) in [5.41, 5.74) is 1.58. The zero-order valence-corrected chi connectivity index (χ0v) is 10.8. The molecule has 1 heterocycles. The highest BCUT2D eigenvalue weighted by Crippen LogP contribution is 2.43. The lowest BCUT2D eigenvalue weighted by Crippen LogP contribution is -2.20. The van der Waals surface area contributed by atoms with Crippen LogP contribution < -0.4 is 0 Å². The quantitative estimate of drug-likeness (QED) is 0.712. The standard InChI is InChI=1S/C16H23N/c1-17-11-14-9-5-6-10-15(16(14)12-17)13-7-3-2-4-8-13/h2-4,7-8,14-16H,5-6,9-12H2,1H3/t14-,15-,16+/m0/s1. The monoisotopic (exact) mass is 229 g/mol. The van der Waals surface area contributed by atoms with E-state index in [9.17, 15) is 0 Å². The van der Waals surface area contributed by atoms with Crippen molar-refractivity contribution >= 4 is 0 Å². The van der Waals surface area contributed by atoms with Crippen molar-refractivity contribution in [3.8, 4) is 0 Å². The van der Waals surface area contributed by atoms with Gasteiger partial charge in [-0.05, 0) is 43.2 Å². The van der Waals surface area contributed by atoms with Crippen LogP contribution in [-0.4, -0.2) is 25.0 Å². The second-order valence-electron chi connectivity index (χ2n) is 5.95. The van der Waals surface area contributed by atoms with Gasteiger partial charge in [0, 0.05) is 13.1 Å².